The first-order valence-corrected chi connectivity index (χ1v) is 8.47. The lowest BCUT2D eigenvalue weighted by Crippen LogP contribution is -2.52. The molecule has 0 radical (unpaired) electrons. The van der Waals surface area contributed by atoms with Crippen molar-refractivity contribution in [2.24, 2.45) is 5.92 Å². The summed E-state index contributed by atoms with van der Waals surface area (Å²) in [6, 6.07) is 0.630. The molecule has 1 aliphatic heterocycles. The molecule has 5 rings (SSSR count). The average Bonchev–Trinajstić information content (AvgIpc) is 3.47. The zero-order valence-corrected chi connectivity index (χ0v) is 12.7. The lowest BCUT2D eigenvalue weighted by atomic mass is 10.1. The van der Waals surface area contributed by atoms with E-state index in [4.69, 9.17) is 0 Å². The highest BCUT2D eigenvalue weighted by Crippen LogP contribution is 2.44. The summed E-state index contributed by atoms with van der Waals surface area (Å²) in [4.78, 5) is 16.0. The highest BCUT2D eigenvalue weighted by atomic mass is 15.3. The van der Waals surface area contributed by atoms with Crippen LogP contribution < -0.4 is 10.2 Å². The third kappa shape index (κ3) is 2.15. The van der Waals surface area contributed by atoms with Crippen LogP contribution in [0.3, 0.4) is 0 Å². The number of aromatic nitrogens is 3. The molecule has 2 aliphatic carbocycles. The van der Waals surface area contributed by atoms with Crippen molar-refractivity contribution in [3.63, 3.8) is 0 Å². The molecule has 0 bridgehead atoms. The van der Waals surface area contributed by atoms with Crippen LogP contribution >= 0.6 is 0 Å². The number of hydrogen-bond acceptors (Lipinski definition) is 5. The molecule has 1 saturated heterocycles. The molecule has 0 unspecified atom stereocenters. The first-order valence-electron chi connectivity index (χ1n) is 8.47. The van der Waals surface area contributed by atoms with Gasteiger partial charge in [-0.15, -0.1) is 0 Å². The van der Waals surface area contributed by atoms with Crippen LogP contribution in [-0.2, 0) is 0 Å². The number of nitrogens with zero attached hydrogens (tertiary/aromatic N) is 4. The lowest BCUT2D eigenvalue weighted by molar-refractivity contribution is 0.417. The van der Waals surface area contributed by atoms with Gasteiger partial charge >= 0.3 is 0 Å². The molecule has 2 aromatic heterocycles. The standard InChI is InChI=1S/C17H21N5/c1-2-11(1)13-7-18-8-14-16(13)17(21-10-20-14)22-6-5-19-15(9-22)12-3-4-12/h7-8,10-12,15,19H,1-6,9H2/t15-/m1/s1. The largest absolute Gasteiger partial charge is 0.353 e. The molecule has 3 fully saturated rings. The van der Waals surface area contributed by atoms with Crippen LogP contribution in [0.4, 0.5) is 5.82 Å². The van der Waals surface area contributed by atoms with Gasteiger partial charge in [0, 0.05) is 37.3 Å². The van der Waals surface area contributed by atoms with Crippen molar-refractivity contribution in [1.29, 1.82) is 0 Å². The molecular formula is C17H21N5. The van der Waals surface area contributed by atoms with Gasteiger partial charge in [0.15, 0.2) is 0 Å². The summed E-state index contributed by atoms with van der Waals surface area (Å²) in [6.45, 7) is 3.15. The molecule has 1 N–H and O–H groups in total. The number of pyridine rings is 1. The summed E-state index contributed by atoms with van der Waals surface area (Å²) in [5.74, 6) is 2.67. The summed E-state index contributed by atoms with van der Waals surface area (Å²) in [7, 11) is 0. The van der Waals surface area contributed by atoms with Crippen molar-refractivity contribution in [2.45, 2.75) is 37.6 Å². The van der Waals surface area contributed by atoms with E-state index < -0.39 is 0 Å². The van der Waals surface area contributed by atoms with Crippen molar-refractivity contribution < 1.29 is 0 Å². The Morgan fingerprint density at radius 1 is 1.09 bits per heavy atom. The van der Waals surface area contributed by atoms with Crippen molar-refractivity contribution >= 4 is 16.7 Å². The Labute approximate surface area is 130 Å². The maximum absolute atomic E-state index is 4.67. The maximum atomic E-state index is 4.67. The van der Waals surface area contributed by atoms with E-state index in [0.717, 1.165) is 36.9 Å². The van der Waals surface area contributed by atoms with Gasteiger partial charge in [-0.05, 0) is 43.1 Å². The fourth-order valence-corrected chi connectivity index (χ4v) is 3.75. The van der Waals surface area contributed by atoms with Gasteiger partial charge in [0.05, 0.1) is 11.7 Å². The topological polar surface area (TPSA) is 53.9 Å². The van der Waals surface area contributed by atoms with Crippen LogP contribution in [0.2, 0.25) is 0 Å². The van der Waals surface area contributed by atoms with Gasteiger partial charge in [0.1, 0.15) is 12.1 Å². The van der Waals surface area contributed by atoms with Gasteiger partial charge in [-0.3, -0.25) is 4.98 Å². The number of piperazine rings is 1. The fourth-order valence-electron chi connectivity index (χ4n) is 3.75. The zero-order valence-electron chi connectivity index (χ0n) is 12.7. The van der Waals surface area contributed by atoms with E-state index >= 15 is 0 Å². The van der Waals surface area contributed by atoms with Crippen LogP contribution in [0.15, 0.2) is 18.7 Å². The third-order valence-corrected chi connectivity index (χ3v) is 5.27. The zero-order chi connectivity index (χ0) is 14.5. The van der Waals surface area contributed by atoms with Gasteiger partial charge in [0.2, 0.25) is 0 Å². The lowest BCUT2D eigenvalue weighted by Gasteiger charge is -2.35. The number of fused-ring (bicyclic) bond motifs is 1. The highest BCUT2D eigenvalue weighted by Gasteiger charge is 2.35. The van der Waals surface area contributed by atoms with Crippen LogP contribution in [-0.4, -0.2) is 40.6 Å². The van der Waals surface area contributed by atoms with Crippen LogP contribution in [0.25, 0.3) is 10.9 Å². The van der Waals surface area contributed by atoms with E-state index in [0.29, 0.717) is 12.0 Å². The number of hydrogen-bond donors (Lipinski definition) is 1. The van der Waals surface area contributed by atoms with E-state index in [1.54, 1.807) is 6.33 Å². The highest BCUT2D eigenvalue weighted by molar-refractivity contribution is 5.92. The van der Waals surface area contributed by atoms with Crippen LogP contribution in [0.5, 0.6) is 0 Å². The monoisotopic (exact) mass is 295 g/mol. The molecular weight excluding hydrogens is 274 g/mol. The summed E-state index contributed by atoms with van der Waals surface area (Å²) in [5.41, 5.74) is 2.35. The Bertz CT molecular complexity index is 702. The normalized spacial score (nSPS) is 25.6. The minimum Gasteiger partial charge on any atom is -0.353 e. The summed E-state index contributed by atoms with van der Waals surface area (Å²) >= 11 is 0. The quantitative estimate of drug-likeness (QED) is 0.939. The molecule has 3 heterocycles. The Morgan fingerprint density at radius 3 is 2.82 bits per heavy atom. The second-order valence-electron chi connectivity index (χ2n) is 6.94. The van der Waals surface area contributed by atoms with Gasteiger partial charge in [-0.1, -0.05) is 0 Å². The predicted molar refractivity (Wildman–Crippen MR) is 86.0 cm³/mol. The van der Waals surface area contributed by atoms with Crippen molar-refractivity contribution in [1.82, 2.24) is 20.3 Å². The smallest absolute Gasteiger partial charge is 0.140 e. The first-order chi connectivity index (χ1) is 10.9. The fraction of sp³-hybridized carbons (Fsp3) is 0.588. The van der Waals surface area contributed by atoms with Crippen molar-refractivity contribution in [2.75, 3.05) is 24.5 Å². The minimum atomic E-state index is 0.630. The predicted octanol–water partition coefficient (Wildman–Crippen LogP) is 2.09. The Kier molecular flexibility index (Phi) is 2.83. The van der Waals surface area contributed by atoms with E-state index in [1.807, 2.05) is 12.4 Å². The molecule has 22 heavy (non-hydrogen) atoms. The van der Waals surface area contributed by atoms with E-state index in [-0.39, 0.29) is 0 Å². The SMILES string of the molecule is c1nc(N2CCN[C@@H](C3CC3)C2)c2c(C3CC3)cncc2n1. The molecule has 3 aliphatic rings. The second-order valence-corrected chi connectivity index (χ2v) is 6.94. The maximum Gasteiger partial charge on any atom is 0.140 e. The van der Waals surface area contributed by atoms with Crippen LogP contribution in [0, 0.1) is 5.92 Å². The number of rotatable bonds is 3. The molecule has 0 amide bonds. The molecule has 0 spiro atoms. The van der Waals surface area contributed by atoms with E-state index in [9.17, 15) is 0 Å². The van der Waals surface area contributed by atoms with Gasteiger partial charge in [-0.25, -0.2) is 9.97 Å². The third-order valence-electron chi connectivity index (χ3n) is 5.27. The molecule has 5 nitrogen and oxygen atoms in total. The minimum absolute atomic E-state index is 0.630. The van der Waals surface area contributed by atoms with Gasteiger partial charge < -0.3 is 10.2 Å². The average molecular weight is 295 g/mol. The summed E-state index contributed by atoms with van der Waals surface area (Å²) < 4.78 is 0. The molecule has 0 aromatic carbocycles. The van der Waals surface area contributed by atoms with Crippen LogP contribution in [0.1, 0.15) is 37.2 Å². The summed E-state index contributed by atoms with van der Waals surface area (Å²) in [6.07, 6.45) is 10.9. The molecule has 2 saturated carbocycles. The van der Waals surface area contributed by atoms with E-state index in [2.05, 4.69) is 25.2 Å². The molecule has 114 valence electrons. The second kappa shape index (κ2) is 4.88. The first kappa shape index (κ1) is 12.8. The number of nitrogens with one attached hydrogen (secondary N) is 1. The molecule has 2 aromatic rings. The number of anilines is 1. The molecule has 5 heteroatoms. The van der Waals surface area contributed by atoms with Gasteiger partial charge in [0.25, 0.3) is 0 Å². The van der Waals surface area contributed by atoms with Gasteiger partial charge in [-0.2, -0.15) is 0 Å². The Morgan fingerprint density at radius 2 is 2.00 bits per heavy atom. The molecule has 1 atom stereocenters. The Hall–Kier alpha value is -1.75. The van der Waals surface area contributed by atoms with Crippen molar-refractivity contribution in [3.8, 4) is 0 Å². The summed E-state index contributed by atoms with van der Waals surface area (Å²) in [5, 5.41) is 4.93. The van der Waals surface area contributed by atoms with Crippen molar-refractivity contribution in [3.05, 3.63) is 24.3 Å². The Balaban J connectivity index is 1.58. The van der Waals surface area contributed by atoms with E-state index in [1.165, 1.54) is 36.6 Å².